The van der Waals surface area contributed by atoms with Crippen molar-refractivity contribution in [3.63, 3.8) is 0 Å². The molecule has 0 unspecified atom stereocenters. The predicted octanol–water partition coefficient (Wildman–Crippen LogP) is -1.63. The van der Waals surface area contributed by atoms with Crippen molar-refractivity contribution in [1.29, 1.82) is 0 Å². The maximum absolute atomic E-state index is 3.62. The second-order valence-electron chi connectivity index (χ2n) is 2.28. The zero-order valence-corrected chi connectivity index (χ0v) is 9.98. The van der Waals surface area contributed by atoms with E-state index in [0.29, 0.717) is 0 Å². The van der Waals surface area contributed by atoms with E-state index in [1.54, 1.807) is 0 Å². The second kappa shape index (κ2) is 4.62. The predicted molar refractivity (Wildman–Crippen MR) is 50.5 cm³/mol. The molecule has 2 nitrogen and oxygen atoms in total. The van der Waals surface area contributed by atoms with Gasteiger partial charge in [-0.3, -0.25) is 0 Å². The maximum atomic E-state index is 3.62. The minimum absolute atomic E-state index is 0.219. The Labute approximate surface area is 68.5 Å². The standard InChI is InChI=1S/C4H13BrN2Si2/c5-8-9-7-3-1-6-2-4-7/h6H,1-4,8-9H2. The first-order valence-corrected chi connectivity index (χ1v) is 12.0. The summed E-state index contributed by atoms with van der Waals surface area (Å²) in [5.74, 6) is 0. The van der Waals surface area contributed by atoms with Crippen LogP contribution in [0.5, 0.6) is 0 Å². The zero-order chi connectivity index (χ0) is 6.53. The minimum Gasteiger partial charge on any atom is -0.328 e. The van der Waals surface area contributed by atoms with E-state index < -0.39 is 0 Å². The molecule has 0 radical (unpaired) electrons. The molecule has 1 fully saturated rings. The highest BCUT2D eigenvalue weighted by atomic mass is 79.9. The largest absolute Gasteiger partial charge is 0.328 e. The van der Waals surface area contributed by atoms with Crippen LogP contribution in [0.3, 0.4) is 0 Å². The molecule has 0 bridgehead atoms. The Balaban J connectivity index is 2.08. The summed E-state index contributed by atoms with van der Waals surface area (Å²) >= 11 is 3.62. The first-order valence-electron chi connectivity index (χ1n) is 3.42. The Morgan fingerprint density at radius 2 is 2.00 bits per heavy atom. The van der Waals surface area contributed by atoms with Gasteiger partial charge in [-0.15, -0.1) is 15.3 Å². The Morgan fingerprint density at radius 3 is 2.56 bits per heavy atom. The Bertz CT molecular complexity index is 74.2. The Hall–Kier alpha value is 0.834. The molecule has 1 saturated heterocycles. The number of hydrogen-bond donors (Lipinski definition) is 1. The molecule has 0 aromatic heterocycles. The van der Waals surface area contributed by atoms with Gasteiger partial charge in [0.05, 0.1) is 9.20 Å². The van der Waals surface area contributed by atoms with Crippen LogP contribution in [0, 0.1) is 0 Å². The summed E-state index contributed by atoms with van der Waals surface area (Å²) in [5, 5.41) is 3.35. The molecular formula is C4H13BrN2Si2. The van der Waals surface area contributed by atoms with Gasteiger partial charge in [0.2, 0.25) is 0 Å². The zero-order valence-electron chi connectivity index (χ0n) is 5.57. The van der Waals surface area contributed by atoms with Crippen molar-refractivity contribution in [3.05, 3.63) is 0 Å². The molecule has 5 heteroatoms. The average molecular weight is 225 g/mol. The molecule has 0 spiro atoms. The molecule has 9 heavy (non-hydrogen) atoms. The molecule has 1 aliphatic heterocycles. The highest BCUT2D eigenvalue weighted by Crippen LogP contribution is 1.88. The number of hydrogen-bond acceptors (Lipinski definition) is 2. The van der Waals surface area contributed by atoms with Crippen molar-refractivity contribution in [3.8, 4) is 0 Å². The SMILES string of the molecule is Br[SiH2][SiH2]N1CCNCC1. The summed E-state index contributed by atoms with van der Waals surface area (Å²) in [7, 11) is 0.443. The second-order valence-corrected chi connectivity index (χ2v) is 13.6. The smallest absolute Gasteiger partial charge is 0.102 e. The fourth-order valence-corrected chi connectivity index (χ4v) is 8.63. The first-order chi connectivity index (χ1) is 4.43. The molecule has 0 aliphatic carbocycles. The first kappa shape index (κ1) is 7.94. The van der Waals surface area contributed by atoms with Gasteiger partial charge in [-0.1, -0.05) is 0 Å². The summed E-state index contributed by atoms with van der Waals surface area (Å²) in [4.78, 5) is 0. The van der Waals surface area contributed by atoms with E-state index in [2.05, 4.69) is 25.2 Å². The van der Waals surface area contributed by atoms with Gasteiger partial charge < -0.3 is 9.88 Å². The van der Waals surface area contributed by atoms with Crippen LogP contribution in [0.25, 0.3) is 0 Å². The lowest BCUT2D eigenvalue weighted by Gasteiger charge is -2.26. The van der Waals surface area contributed by atoms with Crippen LogP contribution in [-0.4, -0.2) is 47.6 Å². The van der Waals surface area contributed by atoms with Gasteiger partial charge >= 0.3 is 0 Å². The van der Waals surface area contributed by atoms with Crippen molar-refractivity contribution in [1.82, 2.24) is 9.88 Å². The topological polar surface area (TPSA) is 15.3 Å². The molecule has 1 heterocycles. The molecule has 1 aliphatic rings. The van der Waals surface area contributed by atoms with Crippen molar-refractivity contribution in [2.24, 2.45) is 0 Å². The van der Waals surface area contributed by atoms with Crippen LogP contribution < -0.4 is 5.32 Å². The van der Waals surface area contributed by atoms with E-state index >= 15 is 0 Å². The highest BCUT2D eigenvalue weighted by molar-refractivity contribution is 9.24. The van der Waals surface area contributed by atoms with E-state index in [0.717, 1.165) is 0 Å². The van der Waals surface area contributed by atoms with Crippen LogP contribution in [0.2, 0.25) is 0 Å². The quantitative estimate of drug-likeness (QED) is 0.448. The molecule has 0 atom stereocenters. The number of nitrogens with zero attached hydrogens (tertiary/aromatic N) is 1. The van der Waals surface area contributed by atoms with Gasteiger partial charge in [-0.2, -0.15) is 0 Å². The van der Waals surface area contributed by atoms with E-state index in [4.69, 9.17) is 0 Å². The normalized spacial score (nSPS) is 25.0. The summed E-state index contributed by atoms with van der Waals surface area (Å²) in [6.45, 7) is 5.05. The molecule has 0 saturated carbocycles. The van der Waals surface area contributed by atoms with Crippen LogP contribution in [-0.2, 0) is 0 Å². The van der Waals surface area contributed by atoms with Crippen molar-refractivity contribution in [2.45, 2.75) is 0 Å². The third kappa shape index (κ3) is 2.95. The summed E-state index contributed by atoms with van der Waals surface area (Å²) < 4.78 is 2.66. The van der Waals surface area contributed by atoms with Crippen molar-refractivity contribution >= 4 is 32.1 Å². The number of nitrogens with one attached hydrogen (secondary N) is 1. The van der Waals surface area contributed by atoms with Crippen molar-refractivity contribution in [2.75, 3.05) is 26.2 Å². The summed E-state index contributed by atoms with van der Waals surface area (Å²) in [5.41, 5.74) is 0. The average Bonchev–Trinajstić information content (AvgIpc) is 1.91. The molecule has 1 rings (SSSR count). The van der Waals surface area contributed by atoms with Gasteiger partial charge in [0.15, 0.2) is 0 Å². The number of piperazine rings is 1. The number of rotatable bonds is 2. The lowest BCUT2D eigenvalue weighted by atomic mass is 10.4. The van der Waals surface area contributed by atoms with Crippen molar-refractivity contribution < 1.29 is 0 Å². The molecule has 54 valence electrons. The molecule has 0 aromatic rings. The van der Waals surface area contributed by atoms with Crippen LogP contribution in [0.1, 0.15) is 0 Å². The van der Waals surface area contributed by atoms with Gasteiger partial charge in [-0.25, -0.2) is 0 Å². The monoisotopic (exact) mass is 224 g/mol. The lowest BCUT2D eigenvalue weighted by Crippen LogP contribution is -2.46. The van der Waals surface area contributed by atoms with E-state index in [-0.39, 0.29) is 16.9 Å². The van der Waals surface area contributed by atoms with Crippen LogP contribution in [0.4, 0.5) is 0 Å². The fourth-order valence-electron chi connectivity index (χ4n) is 1.05. The summed E-state index contributed by atoms with van der Waals surface area (Å²) in [6.07, 6.45) is 0. The third-order valence-corrected chi connectivity index (χ3v) is 8.64. The molecular weight excluding hydrogens is 212 g/mol. The van der Waals surface area contributed by atoms with Gasteiger partial charge in [0.25, 0.3) is 0 Å². The maximum Gasteiger partial charge on any atom is 0.102 e. The van der Waals surface area contributed by atoms with E-state index in [1.165, 1.54) is 26.2 Å². The minimum atomic E-state index is 0.219. The Morgan fingerprint density at radius 1 is 1.33 bits per heavy atom. The lowest BCUT2D eigenvalue weighted by molar-refractivity contribution is 0.380. The summed E-state index contributed by atoms with van der Waals surface area (Å²) in [6, 6.07) is 0. The molecule has 0 amide bonds. The molecule has 0 aromatic carbocycles. The van der Waals surface area contributed by atoms with Crippen LogP contribution in [0.15, 0.2) is 0 Å². The van der Waals surface area contributed by atoms with Gasteiger partial charge in [0, 0.05) is 26.2 Å². The van der Waals surface area contributed by atoms with Gasteiger partial charge in [-0.05, 0) is 0 Å². The van der Waals surface area contributed by atoms with Gasteiger partial charge in [0.1, 0.15) is 7.66 Å². The van der Waals surface area contributed by atoms with E-state index in [9.17, 15) is 0 Å². The van der Waals surface area contributed by atoms with Crippen LogP contribution >= 0.6 is 15.3 Å². The third-order valence-electron chi connectivity index (χ3n) is 1.61. The van der Waals surface area contributed by atoms with E-state index in [1.807, 2.05) is 0 Å². The Kier molecular flexibility index (Phi) is 4.07. The fraction of sp³-hybridized carbons (Fsp3) is 1.00. The highest BCUT2D eigenvalue weighted by Gasteiger charge is 2.07. The number of halogens is 1. The molecule has 1 N–H and O–H groups in total.